The molecule has 1 N–H and O–H groups in total. The molecule has 0 atom stereocenters. The fraction of sp³-hybridized carbons (Fsp3) is 1.00. The van der Waals surface area contributed by atoms with Crippen LogP contribution >= 0.6 is 0 Å². The molecule has 0 unspecified atom stereocenters. The Morgan fingerprint density at radius 3 is 2.28 bits per heavy atom. The predicted molar refractivity (Wildman–Crippen MR) is 81.0 cm³/mol. The summed E-state index contributed by atoms with van der Waals surface area (Å²) in [4.78, 5) is 2.54. The third-order valence-electron chi connectivity index (χ3n) is 4.54. The standard InChI is InChI=1S/C16H34N2/c1-6-16(7-2,12-17-15-8-9-15)13-18(5)11-10-14(3)4/h14-15,17H,6-13H2,1-5H3. The third-order valence-corrected chi connectivity index (χ3v) is 4.54. The van der Waals surface area contributed by atoms with Gasteiger partial charge in [0.15, 0.2) is 0 Å². The average molecular weight is 254 g/mol. The van der Waals surface area contributed by atoms with Gasteiger partial charge >= 0.3 is 0 Å². The van der Waals surface area contributed by atoms with Gasteiger partial charge in [-0.15, -0.1) is 0 Å². The summed E-state index contributed by atoms with van der Waals surface area (Å²) in [6, 6.07) is 0.837. The Kier molecular flexibility index (Phi) is 6.65. The quantitative estimate of drug-likeness (QED) is 0.641. The molecular formula is C16H34N2. The van der Waals surface area contributed by atoms with E-state index < -0.39 is 0 Å². The van der Waals surface area contributed by atoms with Crippen LogP contribution in [-0.4, -0.2) is 37.6 Å². The highest BCUT2D eigenvalue weighted by Crippen LogP contribution is 2.29. The summed E-state index contributed by atoms with van der Waals surface area (Å²) in [6.45, 7) is 13.0. The van der Waals surface area contributed by atoms with Crippen LogP contribution < -0.4 is 5.32 Å². The van der Waals surface area contributed by atoms with Gasteiger partial charge in [0, 0.05) is 19.1 Å². The van der Waals surface area contributed by atoms with E-state index in [9.17, 15) is 0 Å². The number of rotatable bonds is 10. The summed E-state index contributed by atoms with van der Waals surface area (Å²) < 4.78 is 0. The minimum Gasteiger partial charge on any atom is -0.313 e. The zero-order valence-electron chi connectivity index (χ0n) is 13.3. The lowest BCUT2D eigenvalue weighted by molar-refractivity contribution is 0.150. The van der Waals surface area contributed by atoms with Gasteiger partial charge in [-0.25, -0.2) is 0 Å². The Balaban J connectivity index is 2.37. The van der Waals surface area contributed by atoms with Crippen LogP contribution in [0, 0.1) is 11.3 Å². The van der Waals surface area contributed by atoms with Crippen LogP contribution in [0.25, 0.3) is 0 Å². The van der Waals surface area contributed by atoms with Crippen LogP contribution in [0.2, 0.25) is 0 Å². The fourth-order valence-electron chi connectivity index (χ4n) is 2.56. The lowest BCUT2D eigenvalue weighted by atomic mass is 9.81. The number of nitrogens with one attached hydrogen (secondary N) is 1. The lowest BCUT2D eigenvalue weighted by Gasteiger charge is -2.36. The summed E-state index contributed by atoms with van der Waals surface area (Å²) >= 11 is 0. The molecule has 18 heavy (non-hydrogen) atoms. The smallest absolute Gasteiger partial charge is 0.00684 e. The van der Waals surface area contributed by atoms with Crippen LogP contribution in [0.3, 0.4) is 0 Å². The molecule has 2 heteroatoms. The first-order chi connectivity index (χ1) is 8.51. The van der Waals surface area contributed by atoms with Gasteiger partial charge in [0.1, 0.15) is 0 Å². The first kappa shape index (κ1) is 16.0. The second-order valence-electron chi connectivity index (χ2n) is 6.78. The van der Waals surface area contributed by atoms with Gasteiger partial charge in [-0.05, 0) is 57.0 Å². The van der Waals surface area contributed by atoms with Gasteiger partial charge in [0.2, 0.25) is 0 Å². The monoisotopic (exact) mass is 254 g/mol. The van der Waals surface area contributed by atoms with E-state index in [-0.39, 0.29) is 0 Å². The molecule has 0 aromatic heterocycles. The number of hydrogen-bond donors (Lipinski definition) is 1. The molecule has 0 aromatic carbocycles. The van der Waals surface area contributed by atoms with Crippen LogP contribution in [0.1, 0.15) is 59.8 Å². The highest BCUT2D eigenvalue weighted by atomic mass is 15.1. The second kappa shape index (κ2) is 7.49. The van der Waals surface area contributed by atoms with Crippen molar-refractivity contribution in [2.75, 3.05) is 26.7 Å². The van der Waals surface area contributed by atoms with Gasteiger partial charge in [-0.3, -0.25) is 0 Å². The maximum atomic E-state index is 3.74. The summed E-state index contributed by atoms with van der Waals surface area (Å²) in [6.07, 6.45) is 6.68. The van der Waals surface area contributed by atoms with Crippen LogP contribution in [0.15, 0.2) is 0 Å². The van der Waals surface area contributed by atoms with Crippen LogP contribution in [0.4, 0.5) is 0 Å². The van der Waals surface area contributed by atoms with E-state index in [4.69, 9.17) is 0 Å². The largest absolute Gasteiger partial charge is 0.313 e. The summed E-state index contributed by atoms with van der Waals surface area (Å²) in [5, 5.41) is 3.74. The lowest BCUT2D eigenvalue weighted by Crippen LogP contribution is -2.43. The highest BCUT2D eigenvalue weighted by Gasteiger charge is 2.30. The van der Waals surface area contributed by atoms with Crippen molar-refractivity contribution in [3.05, 3.63) is 0 Å². The fourth-order valence-corrected chi connectivity index (χ4v) is 2.56. The molecule has 108 valence electrons. The number of hydrogen-bond acceptors (Lipinski definition) is 2. The van der Waals surface area contributed by atoms with Crippen LogP contribution in [-0.2, 0) is 0 Å². The Morgan fingerprint density at radius 2 is 1.83 bits per heavy atom. The minimum absolute atomic E-state index is 0.480. The van der Waals surface area contributed by atoms with Crippen molar-refractivity contribution < 1.29 is 0 Å². The van der Waals surface area contributed by atoms with Gasteiger partial charge < -0.3 is 10.2 Å². The molecule has 1 saturated carbocycles. The maximum absolute atomic E-state index is 3.74. The van der Waals surface area contributed by atoms with Gasteiger partial charge in [0.25, 0.3) is 0 Å². The van der Waals surface area contributed by atoms with E-state index in [1.807, 2.05) is 0 Å². The molecule has 0 heterocycles. The molecule has 0 radical (unpaired) electrons. The van der Waals surface area contributed by atoms with E-state index >= 15 is 0 Å². The van der Waals surface area contributed by atoms with Gasteiger partial charge in [-0.2, -0.15) is 0 Å². The summed E-state index contributed by atoms with van der Waals surface area (Å²) in [7, 11) is 2.29. The molecule has 1 rings (SSSR count). The zero-order valence-corrected chi connectivity index (χ0v) is 13.3. The van der Waals surface area contributed by atoms with Crippen molar-refractivity contribution in [2.24, 2.45) is 11.3 Å². The summed E-state index contributed by atoms with van der Waals surface area (Å²) in [5.41, 5.74) is 0.480. The highest BCUT2D eigenvalue weighted by molar-refractivity contribution is 4.88. The number of nitrogens with zero attached hydrogens (tertiary/aromatic N) is 1. The first-order valence-electron chi connectivity index (χ1n) is 7.93. The Labute approximate surface area is 115 Å². The molecule has 0 bridgehead atoms. The third kappa shape index (κ3) is 5.71. The molecule has 0 amide bonds. The van der Waals surface area contributed by atoms with Crippen molar-refractivity contribution in [3.63, 3.8) is 0 Å². The second-order valence-corrected chi connectivity index (χ2v) is 6.78. The first-order valence-corrected chi connectivity index (χ1v) is 7.93. The Hall–Kier alpha value is -0.0800. The molecule has 0 aliphatic heterocycles. The SMILES string of the molecule is CCC(CC)(CNC1CC1)CN(C)CCC(C)C. The Morgan fingerprint density at radius 1 is 1.22 bits per heavy atom. The average Bonchev–Trinajstić information content (AvgIpc) is 3.16. The topological polar surface area (TPSA) is 15.3 Å². The zero-order chi connectivity index (χ0) is 13.6. The van der Waals surface area contributed by atoms with Gasteiger partial charge in [0.05, 0.1) is 0 Å². The van der Waals surface area contributed by atoms with Crippen LogP contribution in [0.5, 0.6) is 0 Å². The van der Waals surface area contributed by atoms with Crippen molar-refractivity contribution in [2.45, 2.75) is 65.8 Å². The molecule has 0 spiro atoms. The van der Waals surface area contributed by atoms with Crippen molar-refractivity contribution in [3.8, 4) is 0 Å². The predicted octanol–water partition coefficient (Wildman–Crippen LogP) is 3.52. The molecule has 1 aliphatic carbocycles. The van der Waals surface area contributed by atoms with E-state index in [0.717, 1.165) is 12.0 Å². The van der Waals surface area contributed by atoms with Crippen molar-refractivity contribution in [1.82, 2.24) is 10.2 Å². The molecule has 1 fully saturated rings. The van der Waals surface area contributed by atoms with E-state index in [1.165, 1.54) is 51.7 Å². The van der Waals surface area contributed by atoms with E-state index in [2.05, 4.69) is 45.0 Å². The molecule has 1 aliphatic rings. The van der Waals surface area contributed by atoms with E-state index in [1.54, 1.807) is 0 Å². The molecule has 0 saturated heterocycles. The van der Waals surface area contributed by atoms with Crippen molar-refractivity contribution in [1.29, 1.82) is 0 Å². The van der Waals surface area contributed by atoms with Crippen molar-refractivity contribution >= 4 is 0 Å². The minimum atomic E-state index is 0.480. The van der Waals surface area contributed by atoms with Gasteiger partial charge in [-0.1, -0.05) is 27.7 Å². The molecule has 0 aromatic rings. The molecular weight excluding hydrogens is 220 g/mol. The summed E-state index contributed by atoms with van der Waals surface area (Å²) in [5.74, 6) is 0.815. The maximum Gasteiger partial charge on any atom is 0.00684 e. The Bertz CT molecular complexity index is 217. The normalized spacial score (nSPS) is 16.8. The van der Waals surface area contributed by atoms with E-state index in [0.29, 0.717) is 5.41 Å². The molecule has 2 nitrogen and oxygen atoms in total.